The summed E-state index contributed by atoms with van der Waals surface area (Å²) in [5.41, 5.74) is 2.02. The Bertz CT molecular complexity index is 1370. The summed E-state index contributed by atoms with van der Waals surface area (Å²) in [6, 6.07) is 28.3. The summed E-state index contributed by atoms with van der Waals surface area (Å²) in [5.74, 6) is 0.450. The van der Waals surface area contributed by atoms with E-state index in [1.54, 1.807) is 29.6 Å². The molecule has 226 valence electrons. The molecule has 1 fully saturated rings. The molecular weight excluding hydrogens is 577 g/mol. The highest BCUT2D eigenvalue weighted by molar-refractivity contribution is 8.16. The van der Waals surface area contributed by atoms with Crippen LogP contribution in [0.1, 0.15) is 68.8 Å². The zero-order chi connectivity index (χ0) is 30.3. The van der Waals surface area contributed by atoms with Crippen molar-refractivity contribution in [3.63, 3.8) is 0 Å². The van der Waals surface area contributed by atoms with Crippen LogP contribution in [0.2, 0.25) is 0 Å². The number of hydrogen-bond acceptors (Lipinski definition) is 7. The highest BCUT2D eigenvalue weighted by atomic mass is 32.2. The molecule has 3 aromatic carbocycles. The molecule has 0 bridgehead atoms. The number of cyclic esters (lactones) is 1. The topological polar surface area (TPSA) is 61.8 Å². The summed E-state index contributed by atoms with van der Waals surface area (Å²) in [4.78, 5) is 28.1. The van der Waals surface area contributed by atoms with Gasteiger partial charge in [-0.3, -0.25) is 4.79 Å². The second-order valence-electron chi connectivity index (χ2n) is 11.7. The van der Waals surface area contributed by atoms with Gasteiger partial charge in [-0.25, -0.2) is 4.79 Å². The monoisotopic (exact) mass is 616 g/mol. The van der Waals surface area contributed by atoms with Crippen LogP contribution in [-0.2, 0) is 23.8 Å². The third-order valence-corrected chi connectivity index (χ3v) is 10.7. The Labute approximate surface area is 263 Å². The minimum atomic E-state index is -0.920. The lowest BCUT2D eigenvalue weighted by Crippen LogP contribution is -2.36. The molecule has 0 N–H and O–H groups in total. The first-order valence-corrected chi connectivity index (χ1v) is 16.8. The molecule has 0 aromatic heterocycles. The van der Waals surface area contributed by atoms with Crippen molar-refractivity contribution in [1.82, 2.24) is 0 Å². The van der Waals surface area contributed by atoms with Gasteiger partial charge in [-0.05, 0) is 66.5 Å². The summed E-state index contributed by atoms with van der Waals surface area (Å²) < 4.78 is 18.0. The Morgan fingerprint density at radius 1 is 0.860 bits per heavy atom. The third kappa shape index (κ3) is 8.14. The standard InChI is InChI=1S/C36H40O5S2/c1-23(2)28-20-19-24(3)21-32(28)40-33-22-31(35(38)41-33)34(39-25(4)37)29-17-11-12-18-30(29)36(42-26-13-7-5-8-14-26)43-27-15-9-6-10-16-27/h5-18,22-24,28,32-34,36H,19-21H2,1-4H3/t24-,28+,32-,33-,34+/m1/s1. The second kappa shape index (κ2) is 14.7. The second-order valence-corrected chi connectivity index (χ2v) is 14.4. The van der Waals surface area contributed by atoms with E-state index in [0.29, 0.717) is 23.3 Å². The smallest absolute Gasteiger partial charge is 0.340 e. The Hall–Kier alpha value is -3.00. The van der Waals surface area contributed by atoms with Gasteiger partial charge >= 0.3 is 11.9 Å². The molecule has 0 saturated heterocycles. The van der Waals surface area contributed by atoms with Gasteiger partial charge in [-0.1, -0.05) is 87.9 Å². The third-order valence-electron chi connectivity index (χ3n) is 8.12. The van der Waals surface area contributed by atoms with Gasteiger partial charge in [-0.2, -0.15) is 0 Å². The molecule has 0 spiro atoms. The number of rotatable bonds is 11. The van der Waals surface area contributed by atoms with Crippen molar-refractivity contribution >= 4 is 35.5 Å². The number of hydrogen-bond donors (Lipinski definition) is 0. The van der Waals surface area contributed by atoms with Gasteiger partial charge in [-0.15, -0.1) is 23.5 Å². The number of benzene rings is 3. The van der Waals surface area contributed by atoms with Crippen molar-refractivity contribution < 1.29 is 23.8 Å². The summed E-state index contributed by atoms with van der Waals surface area (Å²) in [7, 11) is 0. The molecule has 3 aromatic rings. The maximum absolute atomic E-state index is 13.4. The number of thioether (sulfide) groups is 2. The van der Waals surface area contributed by atoms with Crippen LogP contribution in [0.15, 0.2) is 106 Å². The van der Waals surface area contributed by atoms with E-state index in [2.05, 4.69) is 45.0 Å². The predicted octanol–water partition coefficient (Wildman–Crippen LogP) is 9.16. The maximum atomic E-state index is 13.4. The van der Waals surface area contributed by atoms with Crippen molar-refractivity contribution in [2.75, 3.05) is 0 Å². The number of ether oxygens (including phenoxy) is 3. The van der Waals surface area contributed by atoms with Gasteiger partial charge in [0.2, 0.25) is 6.29 Å². The van der Waals surface area contributed by atoms with E-state index in [1.807, 2.05) is 60.7 Å². The first-order valence-electron chi connectivity index (χ1n) is 15.1. The zero-order valence-electron chi connectivity index (χ0n) is 25.2. The fourth-order valence-corrected chi connectivity index (χ4v) is 8.61. The van der Waals surface area contributed by atoms with Crippen molar-refractivity contribution in [2.24, 2.45) is 17.8 Å². The number of esters is 2. The van der Waals surface area contributed by atoms with Crippen molar-refractivity contribution in [3.8, 4) is 0 Å². The Morgan fingerprint density at radius 2 is 1.44 bits per heavy atom. The molecule has 7 heteroatoms. The lowest BCUT2D eigenvalue weighted by molar-refractivity contribution is -0.179. The van der Waals surface area contributed by atoms with Crippen LogP contribution in [-0.4, -0.2) is 24.3 Å². The fraction of sp³-hybridized carbons (Fsp3) is 0.389. The molecule has 0 unspecified atom stereocenters. The molecular formula is C36H40O5S2. The summed E-state index contributed by atoms with van der Waals surface area (Å²) in [5, 5.41) is 0. The van der Waals surface area contributed by atoms with Crippen LogP contribution >= 0.6 is 23.5 Å². The molecule has 1 saturated carbocycles. The minimum absolute atomic E-state index is 0.00513. The average molecular weight is 617 g/mol. The maximum Gasteiger partial charge on any atom is 0.340 e. The Kier molecular flexibility index (Phi) is 10.7. The molecule has 1 heterocycles. The lowest BCUT2D eigenvalue weighted by atomic mass is 9.75. The van der Waals surface area contributed by atoms with Crippen LogP contribution in [0.25, 0.3) is 0 Å². The van der Waals surface area contributed by atoms with E-state index in [1.165, 1.54) is 13.3 Å². The van der Waals surface area contributed by atoms with Crippen molar-refractivity contribution in [3.05, 3.63) is 108 Å². The molecule has 5 nitrogen and oxygen atoms in total. The average Bonchev–Trinajstić information content (AvgIpc) is 3.35. The van der Waals surface area contributed by atoms with E-state index in [9.17, 15) is 9.59 Å². The van der Waals surface area contributed by atoms with E-state index in [4.69, 9.17) is 14.2 Å². The van der Waals surface area contributed by atoms with E-state index in [-0.39, 0.29) is 10.7 Å². The molecule has 43 heavy (non-hydrogen) atoms. The Morgan fingerprint density at radius 3 is 2.02 bits per heavy atom. The van der Waals surface area contributed by atoms with Crippen LogP contribution in [0.5, 0.6) is 0 Å². The molecule has 0 radical (unpaired) electrons. The van der Waals surface area contributed by atoms with Gasteiger partial charge in [0.15, 0.2) is 6.10 Å². The predicted molar refractivity (Wildman–Crippen MR) is 172 cm³/mol. The number of carbonyl (C=O) groups is 2. The van der Waals surface area contributed by atoms with Crippen LogP contribution < -0.4 is 0 Å². The van der Waals surface area contributed by atoms with Crippen LogP contribution in [0, 0.1) is 17.8 Å². The van der Waals surface area contributed by atoms with Crippen LogP contribution in [0.4, 0.5) is 0 Å². The summed E-state index contributed by atoms with van der Waals surface area (Å²) >= 11 is 3.44. The first-order chi connectivity index (χ1) is 20.8. The largest absolute Gasteiger partial charge is 0.452 e. The SMILES string of the molecule is CC(=O)O[C@H](C1=C[C@H](O[C@@H]2C[C@H](C)CC[C@H]2C(C)C)OC1=O)c1ccccc1C(Sc1ccccc1)Sc1ccccc1. The molecule has 1 aliphatic carbocycles. The highest BCUT2D eigenvalue weighted by Crippen LogP contribution is 2.50. The van der Waals surface area contributed by atoms with Crippen LogP contribution in [0.3, 0.4) is 0 Å². The first kappa shape index (κ1) is 31.4. The van der Waals surface area contributed by atoms with E-state index in [0.717, 1.165) is 33.8 Å². The molecule has 0 amide bonds. The zero-order valence-corrected chi connectivity index (χ0v) is 26.8. The molecule has 5 atom stereocenters. The van der Waals surface area contributed by atoms with Gasteiger partial charge in [0, 0.05) is 22.3 Å². The lowest BCUT2D eigenvalue weighted by Gasteiger charge is -2.37. The molecule has 1 aliphatic heterocycles. The molecule has 5 rings (SSSR count). The highest BCUT2D eigenvalue weighted by Gasteiger charge is 2.40. The van der Waals surface area contributed by atoms with Gasteiger partial charge in [0.05, 0.1) is 16.3 Å². The fourth-order valence-electron chi connectivity index (χ4n) is 5.95. The van der Waals surface area contributed by atoms with E-state index >= 15 is 0 Å². The quantitative estimate of drug-likeness (QED) is 0.121. The van der Waals surface area contributed by atoms with E-state index < -0.39 is 24.3 Å². The minimum Gasteiger partial charge on any atom is -0.452 e. The van der Waals surface area contributed by atoms with Crippen molar-refractivity contribution in [2.45, 2.75) is 79.8 Å². The van der Waals surface area contributed by atoms with Gasteiger partial charge in [0.1, 0.15) is 0 Å². The summed E-state index contributed by atoms with van der Waals surface area (Å²) in [6.45, 7) is 8.07. The Balaban J connectivity index is 1.48. The van der Waals surface area contributed by atoms with Gasteiger partial charge < -0.3 is 14.2 Å². The summed E-state index contributed by atoms with van der Waals surface area (Å²) in [6.07, 6.45) is 3.21. The normalized spacial score (nSPS) is 22.7. The number of carbonyl (C=O) groups excluding carboxylic acids is 2. The molecule has 2 aliphatic rings. The van der Waals surface area contributed by atoms with Crippen molar-refractivity contribution in [1.29, 1.82) is 0 Å². The van der Waals surface area contributed by atoms with Gasteiger partial charge in [0.25, 0.3) is 0 Å².